The molecule has 3 fully saturated rings. The fraction of sp³-hybridized carbons (Fsp3) is 0.905. The van der Waals surface area contributed by atoms with Gasteiger partial charge in [0.15, 0.2) is 0 Å². The van der Waals surface area contributed by atoms with E-state index in [1.807, 2.05) is 6.92 Å². The lowest BCUT2D eigenvalue weighted by atomic mass is 9.69. The number of amides is 1. The van der Waals surface area contributed by atoms with E-state index in [9.17, 15) is 18.5 Å². The zero-order chi connectivity index (χ0) is 21.9. The minimum absolute atomic E-state index is 0.0246. The molecule has 170 valence electrons. The third-order valence-corrected chi connectivity index (χ3v) is 8.71. The summed E-state index contributed by atoms with van der Waals surface area (Å²) in [5, 5.41) is 19.8. The van der Waals surface area contributed by atoms with Gasteiger partial charge in [-0.05, 0) is 44.9 Å². The average Bonchev–Trinajstić information content (AvgIpc) is 2.68. The second kappa shape index (κ2) is 9.94. The lowest BCUT2D eigenvalue weighted by Crippen LogP contribution is -2.66. The molecular weight excluding hydrogens is 404 g/mol. The molecule has 1 amide bonds. The third-order valence-electron chi connectivity index (χ3n) is 7.07. The summed E-state index contributed by atoms with van der Waals surface area (Å²) in [6.45, 7) is 4.69. The average molecular weight is 441 g/mol. The molecule has 1 heterocycles. The van der Waals surface area contributed by atoms with Gasteiger partial charge >= 0.3 is 0 Å². The van der Waals surface area contributed by atoms with Gasteiger partial charge in [0, 0.05) is 44.5 Å². The molecule has 0 radical (unpaired) electrons. The van der Waals surface area contributed by atoms with Gasteiger partial charge in [-0.3, -0.25) is 4.79 Å². The molecule has 30 heavy (non-hydrogen) atoms. The van der Waals surface area contributed by atoms with Gasteiger partial charge < -0.3 is 20.7 Å². The monoisotopic (exact) mass is 440 g/mol. The Bertz CT molecular complexity index is 753. The van der Waals surface area contributed by atoms with Crippen LogP contribution < -0.4 is 16.0 Å². The molecule has 9 heteroatoms. The van der Waals surface area contributed by atoms with E-state index >= 15 is 0 Å². The van der Waals surface area contributed by atoms with Gasteiger partial charge in [-0.2, -0.15) is 5.26 Å². The molecule has 1 aliphatic heterocycles. The van der Waals surface area contributed by atoms with Crippen LogP contribution in [0.2, 0.25) is 0 Å². The van der Waals surface area contributed by atoms with Crippen molar-refractivity contribution in [2.45, 2.75) is 87.9 Å². The van der Waals surface area contributed by atoms with Crippen molar-refractivity contribution in [3.8, 4) is 6.07 Å². The number of carbonyl (C=O) groups excluding carboxylic acids is 1. The van der Waals surface area contributed by atoms with Gasteiger partial charge in [-0.25, -0.2) is 8.42 Å². The molecule has 3 N–H and O–H groups in total. The fourth-order valence-electron chi connectivity index (χ4n) is 5.67. The Morgan fingerprint density at radius 1 is 1.27 bits per heavy atom. The summed E-state index contributed by atoms with van der Waals surface area (Å²) in [6.07, 6.45) is 5.94. The number of ether oxygens (including phenoxy) is 1. The van der Waals surface area contributed by atoms with Gasteiger partial charge in [0.05, 0.1) is 29.4 Å². The van der Waals surface area contributed by atoms with E-state index in [1.54, 1.807) is 0 Å². The van der Waals surface area contributed by atoms with Gasteiger partial charge in [0.25, 0.3) is 0 Å². The summed E-state index contributed by atoms with van der Waals surface area (Å²) in [7, 11) is -3.06. The van der Waals surface area contributed by atoms with E-state index in [2.05, 4.69) is 22.0 Å². The van der Waals surface area contributed by atoms with Crippen molar-refractivity contribution in [3.63, 3.8) is 0 Å². The number of hydrogen-bond donors (Lipinski definition) is 3. The summed E-state index contributed by atoms with van der Waals surface area (Å²) >= 11 is 0. The van der Waals surface area contributed by atoms with Crippen molar-refractivity contribution in [2.24, 2.45) is 11.8 Å². The summed E-state index contributed by atoms with van der Waals surface area (Å²) in [5.41, 5.74) is 0. The Hall–Kier alpha value is -1.21. The first kappa shape index (κ1) is 23.5. The van der Waals surface area contributed by atoms with E-state index in [0.29, 0.717) is 19.6 Å². The highest BCUT2D eigenvalue weighted by atomic mass is 32.2. The number of sulfone groups is 1. The molecule has 0 spiro atoms. The van der Waals surface area contributed by atoms with Crippen LogP contribution in [0.4, 0.5) is 0 Å². The van der Waals surface area contributed by atoms with Crippen molar-refractivity contribution in [3.05, 3.63) is 0 Å². The summed E-state index contributed by atoms with van der Waals surface area (Å²) in [5.74, 6) is -0.0846. The summed E-state index contributed by atoms with van der Waals surface area (Å²) < 4.78 is 30.1. The van der Waals surface area contributed by atoms with Crippen LogP contribution in [0.25, 0.3) is 0 Å². The fourth-order valence-corrected chi connectivity index (χ4v) is 6.84. The predicted octanol–water partition coefficient (Wildman–Crippen LogP) is 0.732. The molecule has 1 saturated heterocycles. The molecule has 8 atom stereocenters. The smallest absolute Gasteiger partial charge is 0.217 e. The second-order valence-corrected chi connectivity index (χ2v) is 11.5. The number of carbonyl (C=O) groups is 1. The minimum Gasteiger partial charge on any atom is -0.376 e. The van der Waals surface area contributed by atoms with Crippen LogP contribution in [-0.4, -0.2) is 69.3 Å². The van der Waals surface area contributed by atoms with Gasteiger partial charge in [0.1, 0.15) is 9.84 Å². The molecule has 0 aromatic heterocycles. The van der Waals surface area contributed by atoms with Crippen molar-refractivity contribution in [2.75, 3.05) is 19.4 Å². The summed E-state index contributed by atoms with van der Waals surface area (Å²) in [6, 6.07) is 2.65. The van der Waals surface area contributed by atoms with Crippen LogP contribution in [0.3, 0.4) is 0 Å². The molecule has 0 aromatic carbocycles. The van der Waals surface area contributed by atoms with Crippen molar-refractivity contribution < 1.29 is 17.9 Å². The highest BCUT2D eigenvalue weighted by Crippen LogP contribution is 2.36. The zero-order valence-electron chi connectivity index (χ0n) is 18.3. The summed E-state index contributed by atoms with van der Waals surface area (Å²) in [4.78, 5) is 11.8. The van der Waals surface area contributed by atoms with Crippen molar-refractivity contribution in [1.29, 1.82) is 5.26 Å². The lowest BCUT2D eigenvalue weighted by Gasteiger charge is -2.50. The Labute approximate surface area is 180 Å². The number of piperidine rings is 1. The van der Waals surface area contributed by atoms with Crippen LogP contribution in [0.1, 0.15) is 52.4 Å². The molecule has 2 saturated carbocycles. The number of rotatable bonds is 6. The number of nitrogens with zero attached hydrogens (tertiary/aromatic N) is 1. The Kier molecular flexibility index (Phi) is 7.77. The van der Waals surface area contributed by atoms with Crippen LogP contribution >= 0.6 is 0 Å². The molecule has 0 bridgehead atoms. The minimum atomic E-state index is -3.06. The maximum atomic E-state index is 12.1. The van der Waals surface area contributed by atoms with E-state index in [1.165, 1.54) is 13.2 Å². The Balaban J connectivity index is 1.76. The number of hydrogen-bond acceptors (Lipinski definition) is 7. The largest absolute Gasteiger partial charge is 0.376 e. The van der Waals surface area contributed by atoms with Crippen molar-refractivity contribution in [1.82, 2.24) is 16.0 Å². The van der Waals surface area contributed by atoms with Crippen molar-refractivity contribution >= 4 is 15.7 Å². The van der Waals surface area contributed by atoms with Crippen LogP contribution in [-0.2, 0) is 19.4 Å². The maximum absolute atomic E-state index is 12.1. The van der Waals surface area contributed by atoms with E-state index in [4.69, 9.17) is 4.74 Å². The quantitative estimate of drug-likeness (QED) is 0.557. The van der Waals surface area contributed by atoms with Gasteiger partial charge in [-0.1, -0.05) is 6.42 Å². The standard InChI is InChI=1S/C21H36N4O4S/c1-4-29-20-10-18-17(9-19(20)24-13(2)26)21(14(11-22)12-23-18)25-15-6-5-7-16(8-15)30(3,27)28/h14-21,23,25H,4-10,12H2,1-3H3,(H,24,26). The number of fused-ring (bicyclic) bond motifs is 1. The van der Waals surface area contributed by atoms with E-state index < -0.39 is 9.84 Å². The first-order valence-electron chi connectivity index (χ1n) is 11.2. The highest BCUT2D eigenvalue weighted by Gasteiger charge is 2.47. The molecule has 8 nitrogen and oxygen atoms in total. The van der Waals surface area contributed by atoms with E-state index in [-0.39, 0.29) is 53.3 Å². The highest BCUT2D eigenvalue weighted by molar-refractivity contribution is 7.91. The Morgan fingerprint density at radius 3 is 2.67 bits per heavy atom. The molecule has 3 aliphatic rings. The SMILES string of the molecule is CCOC1CC2NCC(C#N)C(NC3CCCC(S(C)(=O)=O)C3)C2CC1NC(C)=O. The maximum Gasteiger partial charge on any atom is 0.217 e. The first-order chi connectivity index (χ1) is 14.2. The predicted molar refractivity (Wildman–Crippen MR) is 114 cm³/mol. The topological polar surface area (TPSA) is 120 Å². The third kappa shape index (κ3) is 5.52. The zero-order valence-corrected chi connectivity index (χ0v) is 19.1. The lowest BCUT2D eigenvalue weighted by molar-refractivity contribution is -0.122. The van der Waals surface area contributed by atoms with Crippen LogP contribution in [0.15, 0.2) is 0 Å². The molecule has 2 aliphatic carbocycles. The second-order valence-electron chi connectivity index (χ2n) is 9.19. The normalized spacial score (nSPS) is 39.5. The van der Waals surface area contributed by atoms with Gasteiger partial charge in [0.2, 0.25) is 5.91 Å². The first-order valence-corrected chi connectivity index (χ1v) is 13.1. The molecule has 0 aromatic rings. The molecular formula is C21H36N4O4S. The van der Waals surface area contributed by atoms with Crippen LogP contribution in [0.5, 0.6) is 0 Å². The van der Waals surface area contributed by atoms with Crippen LogP contribution in [0, 0.1) is 23.2 Å². The number of nitriles is 1. The molecule has 3 rings (SSSR count). The molecule has 8 unspecified atom stereocenters. The Morgan fingerprint density at radius 2 is 2.03 bits per heavy atom. The van der Waals surface area contributed by atoms with E-state index in [0.717, 1.165) is 32.1 Å². The number of nitrogens with one attached hydrogen (secondary N) is 3. The van der Waals surface area contributed by atoms with Gasteiger partial charge in [-0.15, -0.1) is 0 Å².